The summed E-state index contributed by atoms with van der Waals surface area (Å²) in [7, 11) is 0. The lowest BCUT2D eigenvalue weighted by Gasteiger charge is -2.31. The molecule has 2 atom stereocenters. The number of benzene rings is 1. The number of nitro benzene ring substituents is 1. The van der Waals surface area contributed by atoms with Crippen LogP contribution in [0.4, 0.5) is 5.69 Å². The standard InChI is InChI=1S/C19H21NO6/c1-12-10-16(18(23)19(2,3)11-15(12)21)26-17(22)9-6-13-4-7-14(8-5-13)20(24)25/h4-10,16,18,23H,11H2,1-3H3/b9-6+. The number of aliphatic hydroxyl groups excluding tert-OH is 1. The van der Waals surface area contributed by atoms with E-state index < -0.39 is 28.5 Å². The summed E-state index contributed by atoms with van der Waals surface area (Å²) in [6.07, 6.45) is 2.34. The fraction of sp³-hybridized carbons (Fsp3) is 0.368. The molecule has 0 radical (unpaired) electrons. The molecular formula is C19H21NO6. The zero-order valence-electron chi connectivity index (χ0n) is 14.8. The Morgan fingerprint density at radius 2 is 1.96 bits per heavy atom. The second-order valence-electron chi connectivity index (χ2n) is 6.97. The number of hydrogen-bond donors (Lipinski definition) is 1. The van der Waals surface area contributed by atoms with Crippen LogP contribution in [0.2, 0.25) is 0 Å². The minimum absolute atomic E-state index is 0.0428. The number of carbonyl (C=O) groups is 2. The van der Waals surface area contributed by atoms with Gasteiger partial charge in [-0.15, -0.1) is 0 Å². The summed E-state index contributed by atoms with van der Waals surface area (Å²) >= 11 is 0. The summed E-state index contributed by atoms with van der Waals surface area (Å²) in [5, 5.41) is 21.1. The first-order chi connectivity index (χ1) is 12.1. The van der Waals surface area contributed by atoms with Crippen molar-refractivity contribution in [3.8, 4) is 0 Å². The first-order valence-electron chi connectivity index (χ1n) is 8.13. The number of non-ortho nitro benzene ring substituents is 1. The van der Waals surface area contributed by atoms with Crippen molar-refractivity contribution in [1.29, 1.82) is 0 Å². The molecule has 2 unspecified atom stereocenters. The van der Waals surface area contributed by atoms with E-state index in [0.717, 1.165) is 0 Å². The highest BCUT2D eigenvalue weighted by Gasteiger charge is 2.39. The average Bonchev–Trinajstić information content (AvgIpc) is 2.64. The molecule has 1 aromatic carbocycles. The molecule has 7 heteroatoms. The van der Waals surface area contributed by atoms with Gasteiger partial charge in [-0.05, 0) is 42.3 Å². The van der Waals surface area contributed by atoms with Crippen LogP contribution in [0.15, 0.2) is 42.0 Å². The van der Waals surface area contributed by atoms with Crippen molar-refractivity contribution in [2.75, 3.05) is 0 Å². The maximum absolute atomic E-state index is 12.1. The lowest BCUT2D eigenvalue weighted by Crippen LogP contribution is -2.40. The molecule has 0 saturated heterocycles. The van der Waals surface area contributed by atoms with Crippen molar-refractivity contribution >= 4 is 23.5 Å². The van der Waals surface area contributed by atoms with Crippen LogP contribution in [0.1, 0.15) is 32.8 Å². The molecule has 0 amide bonds. The quantitative estimate of drug-likeness (QED) is 0.383. The minimum atomic E-state index is -1.01. The van der Waals surface area contributed by atoms with Crippen molar-refractivity contribution < 1.29 is 24.4 Å². The average molecular weight is 359 g/mol. The molecule has 0 bridgehead atoms. The molecule has 7 nitrogen and oxygen atoms in total. The van der Waals surface area contributed by atoms with E-state index in [2.05, 4.69) is 0 Å². The third-order valence-corrected chi connectivity index (χ3v) is 4.35. The van der Waals surface area contributed by atoms with Gasteiger partial charge in [0.05, 0.1) is 4.92 Å². The number of aliphatic hydroxyl groups is 1. The van der Waals surface area contributed by atoms with Crippen LogP contribution in [0, 0.1) is 15.5 Å². The third kappa shape index (κ3) is 4.64. The number of hydrogen-bond acceptors (Lipinski definition) is 6. The van der Waals surface area contributed by atoms with Gasteiger partial charge in [-0.25, -0.2) is 4.79 Å². The van der Waals surface area contributed by atoms with E-state index >= 15 is 0 Å². The number of allylic oxidation sites excluding steroid dienone is 1. The van der Waals surface area contributed by atoms with E-state index in [9.17, 15) is 24.8 Å². The van der Waals surface area contributed by atoms with Gasteiger partial charge in [0, 0.05) is 30.0 Å². The number of nitrogens with zero attached hydrogens (tertiary/aromatic N) is 1. The van der Waals surface area contributed by atoms with E-state index in [1.807, 2.05) is 0 Å². The molecule has 0 aromatic heterocycles. The van der Waals surface area contributed by atoms with Crippen molar-refractivity contribution in [2.45, 2.75) is 39.4 Å². The molecule has 1 aromatic rings. The summed E-state index contributed by atoms with van der Waals surface area (Å²) in [4.78, 5) is 34.2. The molecule has 0 fully saturated rings. The Hall–Kier alpha value is -2.80. The summed E-state index contributed by atoms with van der Waals surface area (Å²) in [5.41, 5.74) is 0.278. The Morgan fingerprint density at radius 3 is 2.54 bits per heavy atom. The summed E-state index contributed by atoms with van der Waals surface area (Å²) in [6, 6.07) is 5.68. The lowest BCUT2D eigenvalue weighted by atomic mass is 9.80. The van der Waals surface area contributed by atoms with Crippen LogP contribution in [0.5, 0.6) is 0 Å². The van der Waals surface area contributed by atoms with Crippen molar-refractivity contribution in [1.82, 2.24) is 0 Å². The second kappa shape index (κ2) is 7.61. The highest BCUT2D eigenvalue weighted by Crippen LogP contribution is 2.33. The van der Waals surface area contributed by atoms with Gasteiger partial charge in [0.2, 0.25) is 0 Å². The molecule has 0 aliphatic heterocycles. The van der Waals surface area contributed by atoms with Gasteiger partial charge in [0.25, 0.3) is 5.69 Å². The Morgan fingerprint density at radius 1 is 1.35 bits per heavy atom. The molecule has 1 aliphatic rings. The largest absolute Gasteiger partial charge is 0.452 e. The molecule has 138 valence electrons. The Labute approximate surface area is 151 Å². The van der Waals surface area contributed by atoms with Gasteiger partial charge in [-0.1, -0.05) is 13.8 Å². The highest BCUT2D eigenvalue weighted by atomic mass is 16.6. The predicted molar refractivity (Wildman–Crippen MR) is 95.2 cm³/mol. The number of ether oxygens (including phenoxy) is 1. The molecule has 1 aliphatic carbocycles. The lowest BCUT2D eigenvalue weighted by molar-refractivity contribution is -0.384. The van der Waals surface area contributed by atoms with Gasteiger partial charge < -0.3 is 9.84 Å². The van der Waals surface area contributed by atoms with E-state index in [1.54, 1.807) is 20.8 Å². The van der Waals surface area contributed by atoms with Gasteiger partial charge in [0.1, 0.15) is 12.2 Å². The van der Waals surface area contributed by atoms with Crippen LogP contribution >= 0.6 is 0 Å². The van der Waals surface area contributed by atoms with Crippen LogP contribution in [-0.4, -0.2) is 34.0 Å². The normalized spacial score (nSPS) is 22.6. The first kappa shape index (κ1) is 19.5. The summed E-state index contributed by atoms with van der Waals surface area (Å²) < 4.78 is 5.31. The van der Waals surface area contributed by atoms with Gasteiger partial charge in [-0.3, -0.25) is 14.9 Å². The maximum Gasteiger partial charge on any atom is 0.331 e. The second-order valence-corrected chi connectivity index (χ2v) is 6.97. The molecule has 0 heterocycles. The monoisotopic (exact) mass is 359 g/mol. The highest BCUT2D eigenvalue weighted by molar-refractivity contribution is 5.96. The van der Waals surface area contributed by atoms with Gasteiger partial charge >= 0.3 is 5.97 Å². The van der Waals surface area contributed by atoms with E-state index in [-0.39, 0.29) is 17.9 Å². The molecule has 2 rings (SSSR count). The number of ketones is 1. The molecular weight excluding hydrogens is 338 g/mol. The Kier molecular flexibility index (Phi) is 5.72. The SMILES string of the molecule is CC1=CC(OC(=O)/C=C/c2ccc([N+](=O)[O-])cc2)C(O)C(C)(C)CC1=O. The third-order valence-electron chi connectivity index (χ3n) is 4.35. The summed E-state index contributed by atoms with van der Waals surface area (Å²) in [5.74, 6) is -0.768. The van der Waals surface area contributed by atoms with Crippen LogP contribution < -0.4 is 0 Å². The van der Waals surface area contributed by atoms with Crippen LogP contribution in [0.3, 0.4) is 0 Å². The fourth-order valence-electron chi connectivity index (χ4n) is 2.68. The van der Waals surface area contributed by atoms with Crippen LogP contribution in [0.25, 0.3) is 6.08 Å². The number of Topliss-reactive ketones (excluding diaryl/α,β-unsaturated/α-hetero) is 1. The number of esters is 1. The molecule has 0 saturated carbocycles. The zero-order chi connectivity index (χ0) is 19.5. The van der Waals surface area contributed by atoms with Crippen molar-refractivity contribution in [3.05, 3.63) is 57.7 Å². The predicted octanol–water partition coefficient (Wildman–Crippen LogP) is 2.83. The molecule has 0 spiro atoms. The molecule has 26 heavy (non-hydrogen) atoms. The van der Waals surface area contributed by atoms with E-state index in [1.165, 1.54) is 42.5 Å². The topological polar surface area (TPSA) is 107 Å². The summed E-state index contributed by atoms with van der Waals surface area (Å²) in [6.45, 7) is 5.12. The van der Waals surface area contributed by atoms with Crippen molar-refractivity contribution in [2.24, 2.45) is 5.41 Å². The Bertz CT molecular complexity index is 776. The van der Waals surface area contributed by atoms with Gasteiger partial charge in [0.15, 0.2) is 5.78 Å². The van der Waals surface area contributed by atoms with E-state index in [0.29, 0.717) is 11.1 Å². The Balaban J connectivity index is 2.10. The molecule has 1 N–H and O–H groups in total. The first-order valence-corrected chi connectivity index (χ1v) is 8.13. The smallest absolute Gasteiger partial charge is 0.331 e. The number of nitro groups is 1. The fourth-order valence-corrected chi connectivity index (χ4v) is 2.68. The number of rotatable bonds is 4. The maximum atomic E-state index is 12.1. The van der Waals surface area contributed by atoms with Crippen LogP contribution in [-0.2, 0) is 14.3 Å². The minimum Gasteiger partial charge on any atom is -0.452 e. The van der Waals surface area contributed by atoms with Crippen molar-refractivity contribution in [3.63, 3.8) is 0 Å². The van der Waals surface area contributed by atoms with E-state index in [4.69, 9.17) is 4.74 Å². The zero-order valence-corrected chi connectivity index (χ0v) is 14.8. The number of carbonyl (C=O) groups excluding carboxylic acids is 2. The van der Waals surface area contributed by atoms with Gasteiger partial charge in [-0.2, -0.15) is 0 Å².